The molecule has 1 atom stereocenters. The summed E-state index contributed by atoms with van der Waals surface area (Å²) in [6, 6.07) is 12.8. The van der Waals surface area contributed by atoms with Gasteiger partial charge in [-0.05, 0) is 49.2 Å². The van der Waals surface area contributed by atoms with Gasteiger partial charge >= 0.3 is 0 Å². The average Bonchev–Trinajstić information content (AvgIpc) is 2.75. The molecule has 2 aromatic rings. The molecular formula is C23H27ClN2O4. The molecule has 2 aromatic carbocycles. The summed E-state index contributed by atoms with van der Waals surface area (Å²) in [4.78, 5) is 26.6. The Morgan fingerprint density at radius 2 is 1.97 bits per heavy atom. The second kappa shape index (κ2) is 10.3. The molecule has 3 rings (SSSR count). The lowest BCUT2D eigenvalue weighted by Gasteiger charge is -2.33. The van der Waals surface area contributed by atoms with E-state index in [-0.39, 0.29) is 30.8 Å². The molecule has 0 spiro atoms. The maximum atomic E-state index is 12.8. The minimum Gasteiger partial charge on any atom is -0.494 e. The van der Waals surface area contributed by atoms with Crippen LogP contribution in [0.5, 0.6) is 11.5 Å². The third-order valence-electron chi connectivity index (χ3n) is 4.73. The number of rotatable bonds is 8. The number of amides is 2. The van der Waals surface area contributed by atoms with E-state index in [9.17, 15) is 9.59 Å². The predicted octanol–water partition coefficient (Wildman–Crippen LogP) is 4.34. The SMILES string of the molecule is CCCOc1ccc(CNC(=O)CCC(=O)N2CC(C)Oc3ccc(Cl)cc32)cc1. The van der Waals surface area contributed by atoms with E-state index >= 15 is 0 Å². The van der Waals surface area contributed by atoms with Crippen LogP contribution in [0.15, 0.2) is 42.5 Å². The highest BCUT2D eigenvalue weighted by Crippen LogP contribution is 2.36. The van der Waals surface area contributed by atoms with Crippen molar-refractivity contribution in [2.75, 3.05) is 18.1 Å². The zero-order valence-electron chi connectivity index (χ0n) is 17.3. The van der Waals surface area contributed by atoms with Gasteiger partial charge in [0.05, 0.1) is 18.8 Å². The number of nitrogens with one attached hydrogen (secondary N) is 1. The number of carbonyl (C=O) groups is 2. The van der Waals surface area contributed by atoms with Crippen molar-refractivity contribution in [3.63, 3.8) is 0 Å². The van der Waals surface area contributed by atoms with Crippen LogP contribution in [-0.4, -0.2) is 31.1 Å². The second-order valence-corrected chi connectivity index (χ2v) is 7.75. The number of carbonyl (C=O) groups excluding carboxylic acids is 2. The van der Waals surface area contributed by atoms with E-state index in [1.54, 1.807) is 23.1 Å². The minimum atomic E-state index is -0.165. The number of fused-ring (bicyclic) bond motifs is 1. The fourth-order valence-corrected chi connectivity index (χ4v) is 3.38. The topological polar surface area (TPSA) is 67.9 Å². The third kappa shape index (κ3) is 5.89. The molecule has 0 bridgehead atoms. The first-order chi connectivity index (χ1) is 14.5. The summed E-state index contributed by atoms with van der Waals surface area (Å²) in [5.74, 6) is 1.16. The molecular weight excluding hydrogens is 404 g/mol. The molecule has 6 nitrogen and oxygen atoms in total. The molecule has 7 heteroatoms. The van der Waals surface area contributed by atoms with Crippen LogP contribution in [0.3, 0.4) is 0 Å². The highest BCUT2D eigenvalue weighted by atomic mass is 35.5. The Kier molecular flexibility index (Phi) is 7.57. The van der Waals surface area contributed by atoms with Crippen molar-refractivity contribution >= 4 is 29.1 Å². The van der Waals surface area contributed by atoms with Gasteiger partial charge in [-0.15, -0.1) is 0 Å². The number of benzene rings is 2. The summed E-state index contributed by atoms with van der Waals surface area (Å²) in [6.07, 6.45) is 1.08. The lowest BCUT2D eigenvalue weighted by molar-refractivity contribution is -0.125. The van der Waals surface area contributed by atoms with Crippen LogP contribution in [0.4, 0.5) is 5.69 Å². The van der Waals surface area contributed by atoms with Gasteiger partial charge in [0.1, 0.15) is 17.6 Å². The van der Waals surface area contributed by atoms with Gasteiger partial charge in [-0.1, -0.05) is 30.7 Å². The van der Waals surface area contributed by atoms with Crippen LogP contribution in [0, 0.1) is 0 Å². The van der Waals surface area contributed by atoms with Crippen LogP contribution in [0.25, 0.3) is 0 Å². The maximum Gasteiger partial charge on any atom is 0.227 e. The molecule has 1 N–H and O–H groups in total. The van der Waals surface area contributed by atoms with Gasteiger partial charge < -0.3 is 19.7 Å². The van der Waals surface area contributed by atoms with Crippen molar-refractivity contribution < 1.29 is 19.1 Å². The number of hydrogen-bond donors (Lipinski definition) is 1. The summed E-state index contributed by atoms with van der Waals surface area (Å²) >= 11 is 6.08. The summed E-state index contributed by atoms with van der Waals surface area (Å²) < 4.78 is 11.3. The molecule has 30 heavy (non-hydrogen) atoms. The summed E-state index contributed by atoms with van der Waals surface area (Å²) in [5, 5.41) is 3.40. The van der Waals surface area contributed by atoms with Crippen molar-refractivity contribution in [2.24, 2.45) is 0 Å². The first-order valence-electron chi connectivity index (χ1n) is 10.2. The molecule has 0 fully saturated rings. The molecule has 0 radical (unpaired) electrons. The highest BCUT2D eigenvalue weighted by molar-refractivity contribution is 6.31. The van der Waals surface area contributed by atoms with Gasteiger partial charge in [-0.2, -0.15) is 0 Å². The lowest BCUT2D eigenvalue weighted by Crippen LogP contribution is -2.42. The second-order valence-electron chi connectivity index (χ2n) is 7.31. The van der Waals surface area contributed by atoms with E-state index in [1.165, 1.54) is 0 Å². The fraction of sp³-hybridized carbons (Fsp3) is 0.391. The Morgan fingerprint density at radius 1 is 1.20 bits per heavy atom. The van der Waals surface area contributed by atoms with E-state index in [0.717, 1.165) is 17.7 Å². The Bertz CT molecular complexity index is 885. The van der Waals surface area contributed by atoms with Crippen molar-refractivity contribution in [1.29, 1.82) is 0 Å². The molecule has 0 aliphatic carbocycles. The standard InChI is InChI=1S/C23H27ClN2O4/c1-3-12-29-19-7-4-17(5-8-19)14-25-22(27)10-11-23(28)26-15-16(2)30-21-9-6-18(24)13-20(21)26/h4-9,13,16H,3,10-12,14-15H2,1-2H3,(H,25,27). The minimum absolute atomic E-state index is 0.119. The number of anilines is 1. The molecule has 160 valence electrons. The maximum absolute atomic E-state index is 12.8. The third-order valence-corrected chi connectivity index (χ3v) is 4.97. The van der Waals surface area contributed by atoms with Crippen LogP contribution in [0.1, 0.15) is 38.7 Å². The number of hydrogen-bond acceptors (Lipinski definition) is 4. The van der Waals surface area contributed by atoms with Crippen LogP contribution >= 0.6 is 11.6 Å². The van der Waals surface area contributed by atoms with E-state index in [4.69, 9.17) is 21.1 Å². The molecule has 0 saturated carbocycles. The van der Waals surface area contributed by atoms with Crippen LogP contribution in [-0.2, 0) is 16.1 Å². The first kappa shape index (κ1) is 22.0. The van der Waals surface area contributed by atoms with Gasteiger partial charge in [-0.25, -0.2) is 0 Å². The van der Waals surface area contributed by atoms with E-state index < -0.39 is 0 Å². The Morgan fingerprint density at radius 3 is 2.70 bits per heavy atom. The van der Waals surface area contributed by atoms with Gasteiger partial charge in [0.15, 0.2) is 0 Å². The summed E-state index contributed by atoms with van der Waals surface area (Å²) in [6.45, 7) is 5.49. The number of nitrogens with zero attached hydrogens (tertiary/aromatic N) is 1. The summed E-state index contributed by atoms with van der Waals surface area (Å²) in [7, 11) is 0. The van der Waals surface area contributed by atoms with Crippen LogP contribution < -0.4 is 19.7 Å². The molecule has 1 aliphatic rings. The van der Waals surface area contributed by atoms with Gasteiger partial charge in [0, 0.05) is 24.4 Å². The normalized spacial score (nSPS) is 15.2. The van der Waals surface area contributed by atoms with E-state index in [2.05, 4.69) is 12.2 Å². The molecule has 1 unspecified atom stereocenters. The predicted molar refractivity (Wildman–Crippen MR) is 117 cm³/mol. The van der Waals surface area contributed by atoms with Crippen molar-refractivity contribution in [1.82, 2.24) is 5.32 Å². The number of ether oxygens (including phenoxy) is 2. The van der Waals surface area contributed by atoms with Gasteiger partial charge in [0.25, 0.3) is 0 Å². The Labute approximate surface area is 182 Å². The molecule has 1 heterocycles. The molecule has 1 aliphatic heterocycles. The smallest absolute Gasteiger partial charge is 0.227 e. The molecule has 0 saturated heterocycles. The van der Waals surface area contributed by atoms with Crippen molar-refractivity contribution in [2.45, 2.75) is 45.8 Å². The average molecular weight is 431 g/mol. The van der Waals surface area contributed by atoms with Crippen LogP contribution in [0.2, 0.25) is 5.02 Å². The Hall–Kier alpha value is -2.73. The van der Waals surface area contributed by atoms with E-state index in [0.29, 0.717) is 36.2 Å². The lowest BCUT2D eigenvalue weighted by atomic mass is 10.1. The first-order valence-corrected chi connectivity index (χ1v) is 10.6. The zero-order valence-corrected chi connectivity index (χ0v) is 18.1. The monoisotopic (exact) mass is 430 g/mol. The fourth-order valence-electron chi connectivity index (χ4n) is 3.21. The van der Waals surface area contributed by atoms with Crippen molar-refractivity contribution in [3.05, 3.63) is 53.1 Å². The quantitative estimate of drug-likeness (QED) is 0.676. The van der Waals surface area contributed by atoms with Gasteiger partial charge in [-0.3, -0.25) is 9.59 Å². The van der Waals surface area contributed by atoms with Crippen molar-refractivity contribution in [3.8, 4) is 11.5 Å². The summed E-state index contributed by atoms with van der Waals surface area (Å²) in [5.41, 5.74) is 1.63. The molecule has 0 aromatic heterocycles. The van der Waals surface area contributed by atoms with Gasteiger partial charge in [0.2, 0.25) is 11.8 Å². The highest BCUT2D eigenvalue weighted by Gasteiger charge is 2.27. The zero-order chi connectivity index (χ0) is 21.5. The Balaban J connectivity index is 1.49. The number of halogens is 1. The molecule has 2 amide bonds. The largest absolute Gasteiger partial charge is 0.494 e. The van der Waals surface area contributed by atoms with E-state index in [1.807, 2.05) is 31.2 Å².